The summed E-state index contributed by atoms with van der Waals surface area (Å²) in [6, 6.07) is 29.6. The second-order valence-electron chi connectivity index (χ2n) is 7.32. The van der Waals surface area contributed by atoms with E-state index in [-0.39, 0.29) is 6.04 Å². The number of likely N-dealkylation sites (tertiary alicyclic amines) is 1. The van der Waals surface area contributed by atoms with E-state index in [4.69, 9.17) is 0 Å². The maximum atomic E-state index is 12.1. The molecule has 0 amide bonds. The average Bonchev–Trinajstić information content (AvgIpc) is 3.10. The van der Waals surface area contributed by atoms with Gasteiger partial charge in [-0.05, 0) is 23.1 Å². The number of β-amino-alcohol motifs (C(OH)–C–C–N with tert-alkyl or cyclic N) is 1. The number of hydrogen-bond acceptors (Lipinski definition) is 3. The van der Waals surface area contributed by atoms with Crippen LogP contribution < -0.4 is 0 Å². The van der Waals surface area contributed by atoms with Crippen LogP contribution in [0.2, 0.25) is 0 Å². The molecule has 0 aliphatic carbocycles. The molecule has 1 aliphatic rings. The SMILES string of the molecule is O[C@@H]1C[C@@H](C(O)(c2ccccc2)c2ccccc2)N(Cc2ccccc2)C1. The summed E-state index contributed by atoms with van der Waals surface area (Å²) in [6.45, 7) is 1.26. The standard InChI is InChI=1S/C24H25NO2/c26-22-16-23(25(18-22)17-19-10-4-1-5-11-19)24(27,20-12-6-2-7-13-20)21-14-8-3-9-15-21/h1-15,22-23,26-27H,16-18H2/t22-,23+/m1/s1. The fourth-order valence-corrected chi connectivity index (χ4v) is 4.24. The Labute approximate surface area is 160 Å². The highest BCUT2D eigenvalue weighted by molar-refractivity contribution is 5.39. The van der Waals surface area contributed by atoms with E-state index in [0.29, 0.717) is 19.5 Å². The van der Waals surface area contributed by atoms with Crippen LogP contribution in [0.1, 0.15) is 23.1 Å². The number of hydrogen-bond donors (Lipinski definition) is 2. The summed E-state index contributed by atoms with van der Waals surface area (Å²) in [6.07, 6.45) is 0.0882. The predicted molar refractivity (Wildman–Crippen MR) is 107 cm³/mol. The summed E-state index contributed by atoms with van der Waals surface area (Å²) in [5.74, 6) is 0. The lowest BCUT2D eigenvalue weighted by Gasteiger charge is -2.40. The van der Waals surface area contributed by atoms with E-state index in [2.05, 4.69) is 17.0 Å². The molecule has 1 aliphatic heterocycles. The highest BCUT2D eigenvalue weighted by Crippen LogP contribution is 2.40. The van der Waals surface area contributed by atoms with E-state index in [0.717, 1.165) is 11.1 Å². The number of aliphatic hydroxyl groups is 2. The Morgan fingerprint density at radius 1 is 0.778 bits per heavy atom. The number of aliphatic hydroxyl groups excluding tert-OH is 1. The Morgan fingerprint density at radius 2 is 1.26 bits per heavy atom. The molecule has 4 rings (SSSR count). The third-order valence-corrected chi connectivity index (χ3v) is 5.52. The van der Waals surface area contributed by atoms with Gasteiger partial charge in [0.05, 0.1) is 6.10 Å². The van der Waals surface area contributed by atoms with Crippen molar-refractivity contribution >= 4 is 0 Å². The highest BCUT2D eigenvalue weighted by atomic mass is 16.3. The largest absolute Gasteiger partial charge is 0.392 e. The van der Waals surface area contributed by atoms with Crippen molar-refractivity contribution in [2.75, 3.05) is 6.54 Å². The molecule has 3 heteroatoms. The monoisotopic (exact) mass is 359 g/mol. The first-order valence-electron chi connectivity index (χ1n) is 9.47. The Hall–Kier alpha value is -2.46. The lowest BCUT2D eigenvalue weighted by atomic mass is 9.79. The Morgan fingerprint density at radius 3 is 1.78 bits per heavy atom. The summed E-state index contributed by atoms with van der Waals surface area (Å²) in [4.78, 5) is 2.21. The molecule has 2 N–H and O–H groups in total. The molecule has 3 nitrogen and oxygen atoms in total. The maximum Gasteiger partial charge on any atom is 0.130 e. The first kappa shape index (κ1) is 17.9. The van der Waals surface area contributed by atoms with Crippen LogP contribution in [-0.4, -0.2) is 33.8 Å². The molecule has 0 radical (unpaired) electrons. The third-order valence-electron chi connectivity index (χ3n) is 5.52. The minimum Gasteiger partial charge on any atom is -0.392 e. The molecule has 138 valence electrons. The van der Waals surface area contributed by atoms with Gasteiger partial charge in [0.1, 0.15) is 5.60 Å². The van der Waals surface area contributed by atoms with Gasteiger partial charge in [-0.3, -0.25) is 4.90 Å². The minimum absolute atomic E-state index is 0.211. The van der Waals surface area contributed by atoms with Gasteiger partial charge in [0.15, 0.2) is 0 Å². The molecule has 0 bridgehead atoms. The molecular formula is C24H25NO2. The van der Waals surface area contributed by atoms with Crippen molar-refractivity contribution in [1.29, 1.82) is 0 Å². The van der Waals surface area contributed by atoms with Crippen LogP contribution in [0.3, 0.4) is 0 Å². The van der Waals surface area contributed by atoms with E-state index in [9.17, 15) is 10.2 Å². The van der Waals surface area contributed by atoms with Crippen molar-refractivity contribution < 1.29 is 10.2 Å². The van der Waals surface area contributed by atoms with Crippen molar-refractivity contribution in [3.8, 4) is 0 Å². The molecule has 0 unspecified atom stereocenters. The second-order valence-corrected chi connectivity index (χ2v) is 7.32. The van der Waals surface area contributed by atoms with Crippen molar-refractivity contribution in [3.05, 3.63) is 108 Å². The fourth-order valence-electron chi connectivity index (χ4n) is 4.24. The summed E-state index contributed by atoms with van der Waals surface area (Å²) >= 11 is 0. The smallest absolute Gasteiger partial charge is 0.130 e. The van der Waals surface area contributed by atoms with Crippen LogP contribution in [0.25, 0.3) is 0 Å². The highest BCUT2D eigenvalue weighted by Gasteiger charge is 2.47. The zero-order chi connectivity index (χ0) is 18.7. The van der Waals surface area contributed by atoms with Gasteiger partial charge in [-0.2, -0.15) is 0 Å². The van der Waals surface area contributed by atoms with E-state index in [1.165, 1.54) is 5.56 Å². The molecule has 27 heavy (non-hydrogen) atoms. The maximum absolute atomic E-state index is 12.1. The van der Waals surface area contributed by atoms with Crippen LogP contribution >= 0.6 is 0 Å². The number of nitrogens with zero attached hydrogens (tertiary/aromatic N) is 1. The number of rotatable bonds is 5. The van der Waals surface area contributed by atoms with Gasteiger partial charge in [-0.25, -0.2) is 0 Å². The topological polar surface area (TPSA) is 43.7 Å². The average molecular weight is 359 g/mol. The molecule has 1 fully saturated rings. The summed E-state index contributed by atoms with van der Waals surface area (Å²) < 4.78 is 0. The lowest BCUT2D eigenvalue weighted by molar-refractivity contribution is -0.00680. The van der Waals surface area contributed by atoms with Gasteiger partial charge in [-0.15, -0.1) is 0 Å². The zero-order valence-corrected chi connectivity index (χ0v) is 15.3. The first-order chi connectivity index (χ1) is 13.2. The fraction of sp³-hybridized carbons (Fsp3) is 0.250. The molecule has 1 saturated heterocycles. The first-order valence-corrected chi connectivity index (χ1v) is 9.47. The molecule has 0 spiro atoms. The molecule has 0 saturated carbocycles. The van der Waals surface area contributed by atoms with E-state index in [1.54, 1.807) is 0 Å². The molecule has 1 heterocycles. The Bertz CT molecular complexity index is 812. The zero-order valence-electron chi connectivity index (χ0n) is 15.3. The van der Waals surface area contributed by atoms with Crippen LogP contribution in [-0.2, 0) is 12.1 Å². The lowest BCUT2D eigenvalue weighted by Crippen LogP contribution is -2.48. The van der Waals surface area contributed by atoms with Crippen molar-refractivity contribution in [1.82, 2.24) is 4.90 Å². The van der Waals surface area contributed by atoms with Crippen molar-refractivity contribution in [2.45, 2.75) is 30.7 Å². The van der Waals surface area contributed by atoms with Gasteiger partial charge in [0.25, 0.3) is 0 Å². The van der Waals surface area contributed by atoms with Crippen LogP contribution in [0, 0.1) is 0 Å². The van der Waals surface area contributed by atoms with Gasteiger partial charge in [0.2, 0.25) is 0 Å². The van der Waals surface area contributed by atoms with Crippen molar-refractivity contribution in [3.63, 3.8) is 0 Å². The number of benzene rings is 3. The molecule has 0 aromatic heterocycles. The van der Waals surface area contributed by atoms with E-state index < -0.39 is 11.7 Å². The van der Waals surface area contributed by atoms with Crippen LogP contribution in [0.5, 0.6) is 0 Å². The van der Waals surface area contributed by atoms with Gasteiger partial charge in [-0.1, -0.05) is 91.0 Å². The molecule has 3 aromatic carbocycles. The molecule has 2 atom stereocenters. The Kier molecular flexibility index (Phi) is 5.08. The van der Waals surface area contributed by atoms with Gasteiger partial charge < -0.3 is 10.2 Å². The predicted octanol–water partition coefficient (Wildman–Crippen LogP) is 3.56. The third kappa shape index (κ3) is 3.54. The quantitative estimate of drug-likeness (QED) is 0.732. The van der Waals surface area contributed by atoms with E-state index >= 15 is 0 Å². The molecule has 3 aromatic rings. The summed E-state index contributed by atoms with van der Waals surface area (Å²) in [5, 5.41) is 22.5. The second kappa shape index (κ2) is 7.65. The summed E-state index contributed by atoms with van der Waals surface area (Å²) in [5.41, 5.74) is 1.70. The van der Waals surface area contributed by atoms with Crippen LogP contribution in [0.4, 0.5) is 0 Å². The normalized spacial score (nSPS) is 20.7. The van der Waals surface area contributed by atoms with Gasteiger partial charge >= 0.3 is 0 Å². The minimum atomic E-state index is -1.19. The Balaban J connectivity index is 1.76. The van der Waals surface area contributed by atoms with Crippen LogP contribution in [0.15, 0.2) is 91.0 Å². The van der Waals surface area contributed by atoms with Gasteiger partial charge in [0, 0.05) is 19.1 Å². The van der Waals surface area contributed by atoms with Crippen molar-refractivity contribution in [2.24, 2.45) is 0 Å². The summed E-state index contributed by atoms with van der Waals surface area (Å²) in [7, 11) is 0. The molecular weight excluding hydrogens is 334 g/mol. The van der Waals surface area contributed by atoms with E-state index in [1.807, 2.05) is 78.9 Å².